The molecule has 0 radical (unpaired) electrons. The second kappa shape index (κ2) is 10.3. The predicted octanol–water partition coefficient (Wildman–Crippen LogP) is 6.22. The van der Waals surface area contributed by atoms with Crippen LogP contribution in [0.4, 0.5) is 4.79 Å². The van der Waals surface area contributed by atoms with E-state index in [4.69, 9.17) is 4.74 Å². The van der Waals surface area contributed by atoms with Gasteiger partial charge in [-0.05, 0) is 30.5 Å². The molecule has 7 aromatic rings. The minimum Gasteiger partial charge on any atom is -0.494 e. The Morgan fingerprint density at radius 1 is 0.826 bits per heavy atom. The van der Waals surface area contributed by atoms with Gasteiger partial charge >= 0.3 is 6.09 Å². The standard InChI is InChI=1S/C37H35N5O4/c43-35-32-27(18-38-35)30-25-10-4-6-12-28(25)41-20-37(45,21-42-29-13-7-5-11-26(29)31(32)34(42)33(30)41)22-46-36(44)39-24-14-16-40(17-15-24)19-23-8-2-1-3-9-23/h1-13,18,24,38,43,45H,14-17,19-22H2,(H,39,44). The molecule has 4 N–H and O–H groups in total. The van der Waals surface area contributed by atoms with Gasteiger partial charge in [-0.25, -0.2) is 4.79 Å². The van der Waals surface area contributed by atoms with E-state index in [1.807, 2.05) is 42.6 Å². The molecule has 2 aliphatic heterocycles. The average Bonchev–Trinajstić information content (AvgIpc) is 3.68. The number of benzene rings is 4. The third-order valence-corrected chi connectivity index (χ3v) is 10.1. The van der Waals surface area contributed by atoms with Crippen molar-refractivity contribution in [1.29, 1.82) is 0 Å². The van der Waals surface area contributed by atoms with E-state index in [1.54, 1.807) is 0 Å². The van der Waals surface area contributed by atoms with Crippen molar-refractivity contribution in [3.63, 3.8) is 0 Å². The van der Waals surface area contributed by atoms with Crippen LogP contribution in [-0.2, 0) is 24.4 Å². The van der Waals surface area contributed by atoms with E-state index in [-0.39, 0.29) is 31.6 Å². The number of aromatic nitrogens is 3. The number of nitrogens with one attached hydrogen (secondary N) is 2. The number of hydrogen-bond acceptors (Lipinski definition) is 5. The van der Waals surface area contributed by atoms with E-state index in [1.165, 1.54) is 5.56 Å². The number of aromatic hydroxyl groups is 1. The van der Waals surface area contributed by atoms with Crippen molar-refractivity contribution in [1.82, 2.24) is 24.3 Å². The second-order valence-electron chi connectivity index (χ2n) is 13.1. The normalized spacial score (nSPS) is 19.2. The summed E-state index contributed by atoms with van der Waals surface area (Å²) in [6.45, 7) is 3.02. The Balaban J connectivity index is 1.03. The molecule has 0 bridgehead atoms. The van der Waals surface area contributed by atoms with Crippen LogP contribution >= 0.6 is 0 Å². The molecule has 2 aliphatic rings. The maximum absolute atomic E-state index is 13.1. The fourth-order valence-electron chi connectivity index (χ4n) is 8.03. The number of aliphatic hydroxyl groups is 1. The lowest BCUT2D eigenvalue weighted by Crippen LogP contribution is -2.47. The molecule has 1 unspecified atom stereocenters. The number of ether oxygens (including phenoxy) is 1. The van der Waals surface area contributed by atoms with Crippen LogP contribution in [0.1, 0.15) is 18.4 Å². The van der Waals surface area contributed by atoms with Gasteiger partial charge in [0.2, 0.25) is 0 Å². The summed E-state index contributed by atoms with van der Waals surface area (Å²) >= 11 is 0. The summed E-state index contributed by atoms with van der Waals surface area (Å²) in [6, 6.07) is 26.8. The Labute approximate surface area is 264 Å². The molecule has 0 spiro atoms. The van der Waals surface area contributed by atoms with Gasteiger partial charge in [0, 0.05) is 69.8 Å². The molecule has 46 heavy (non-hydrogen) atoms. The molecule has 9 nitrogen and oxygen atoms in total. The maximum atomic E-state index is 13.1. The van der Waals surface area contributed by atoms with Crippen molar-refractivity contribution in [2.45, 2.75) is 44.1 Å². The number of rotatable bonds is 5. The third-order valence-electron chi connectivity index (χ3n) is 10.1. The van der Waals surface area contributed by atoms with Gasteiger partial charge < -0.3 is 34.4 Å². The van der Waals surface area contributed by atoms with E-state index in [2.05, 4.69) is 66.8 Å². The van der Waals surface area contributed by atoms with Crippen molar-refractivity contribution in [2.75, 3.05) is 19.7 Å². The highest BCUT2D eigenvalue weighted by Crippen LogP contribution is 2.48. The first-order valence-corrected chi connectivity index (χ1v) is 16.0. The van der Waals surface area contributed by atoms with Crippen molar-refractivity contribution in [3.8, 4) is 5.88 Å². The summed E-state index contributed by atoms with van der Waals surface area (Å²) in [5, 5.41) is 32.2. The fraction of sp³-hybridized carbons (Fsp3) is 0.270. The van der Waals surface area contributed by atoms with Crippen LogP contribution in [0, 0.1) is 0 Å². The highest BCUT2D eigenvalue weighted by molar-refractivity contribution is 6.36. The van der Waals surface area contributed by atoms with Gasteiger partial charge in [0.15, 0.2) is 5.88 Å². The molecule has 4 aromatic carbocycles. The molecule has 1 saturated heterocycles. The van der Waals surface area contributed by atoms with Gasteiger partial charge in [0.1, 0.15) is 12.2 Å². The van der Waals surface area contributed by atoms with Gasteiger partial charge in [0.05, 0.1) is 29.5 Å². The van der Waals surface area contributed by atoms with Crippen LogP contribution in [0.15, 0.2) is 85.1 Å². The quantitative estimate of drug-likeness (QED) is 0.184. The van der Waals surface area contributed by atoms with Gasteiger partial charge in [-0.2, -0.15) is 0 Å². The van der Waals surface area contributed by atoms with E-state index < -0.39 is 11.7 Å². The molecule has 1 amide bonds. The largest absolute Gasteiger partial charge is 0.494 e. The Kier molecular flexibility index (Phi) is 6.10. The fourth-order valence-corrected chi connectivity index (χ4v) is 8.03. The number of fused-ring (bicyclic) bond motifs is 9. The van der Waals surface area contributed by atoms with E-state index in [0.29, 0.717) is 0 Å². The number of H-pyrrole nitrogens is 1. The van der Waals surface area contributed by atoms with Gasteiger partial charge in [-0.1, -0.05) is 66.7 Å². The monoisotopic (exact) mass is 613 g/mol. The number of piperidine rings is 1. The van der Waals surface area contributed by atoms with Crippen LogP contribution in [0.2, 0.25) is 0 Å². The number of aromatic amines is 1. The summed E-state index contributed by atoms with van der Waals surface area (Å²) in [5.41, 5.74) is 3.80. The number of carbonyl (C=O) groups excluding carboxylic acids is 1. The molecule has 232 valence electrons. The first-order chi connectivity index (χ1) is 22.5. The van der Waals surface area contributed by atoms with Crippen molar-refractivity contribution in [2.24, 2.45) is 0 Å². The summed E-state index contributed by atoms with van der Waals surface area (Å²) < 4.78 is 10.1. The van der Waals surface area contributed by atoms with Crippen LogP contribution in [0.3, 0.4) is 0 Å². The molecule has 0 saturated carbocycles. The second-order valence-corrected chi connectivity index (χ2v) is 13.1. The average molecular weight is 614 g/mol. The van der Waals surface area contributed by atoms with Crippen molar-refractivity contribution >= 4 is 60.5 Å². The van der Waals surface area contributed by atoms with Crippen LogP contribution < -0.4 is 5.32 Å². The molecule has 0 aliphatic carbocycles. The maximum Gasteiger partial charge on any atom is 0.407 e. The smallest absolute Gasteiger partial charge is 0.407 e. The van der Waals surface area contributed by atoms with E-state index in [9.17, 15) is 15.0 Å². The predicted molar refractivity (Wildman–Crippen MR) is 180 cm³/mol. The zero-order valence-corrected chi connectivity index (χ0v) is 25.4. The topological polar surface area (TPSA) is 108 Å². The first-order valence-electron chi connectivity index (χ1n) is 16.0. The van der Waals surface area contributed by atoms with Gasteiger partial charge in [-0.15, -0.1) is 0 Å². The molecule has 9 rings (SSSR count). The number of likely N-dealkylation sites (tertiary alicyclic amines) is 1. The zero-order chi connectivity index (χ0) is 31.0. The molecule has 5 heterocycles. The lowest BCUT2D eigenvalue weighted by Gasteiger charge is -2.32. The minimum atomic E-state index is -1.39. The lowest BCUT2D eigenvalue weighted by molar-refractivity contribution is -0.0429. The number of amides is 1. The molecular weight excluding hydrogens is 578 g/mol. The number of para-hydroxylation sites is 2. The van der Waals surface area contributed by atoms with E-state index in [0.717, 1.165) is 86.9 Å². The van der Waals surface area contributed by atoms with Gasteiger partial charge in [-0.3, -0.25) is 4.90 Å². The Hall–Kier alpha value is -4.99. The summed E-state index contributed by atoms with van der Waals surface area (Å²) in [5.74, 6) is 0.127. The Bertz CT molecular complexity index is 2290. The minimum absolute atomic E-state index is 0.0322. The Morgan fingerprint density at radius 2 is 1.43 bits per heavy atom. The highest BCUT2D eigenvalue weighted by Gasteiger charge is 2.38. The SMILES string of the molecule is O=C(NC1CCN(Cc2ccccc2)CC1)OCC1(O)Cn2c3ccccc3c3c4c[nH]c(O)c4c4c5ccccc5n(c4c32)C1. The number of alkyl carbamates (subject to hydrolysis) is 1. The van der Waals surface area contributed by atoms with E-state index >= 15 is 0 Å². The lowest BCUT2D eigenvalue weighted by atomic mass is 10.0. The first kappa shape index (κ1) is 27.3. The number of hydrogen-bond donors (Lipinski definition) is 4. The van der Waals surface area contributed by atoms with Crippen LogP contribution in [-0.4, -0.2) is 66.7 Å². The van der Waals surface area contributed by atoms with Crippen LogP contribution in [0.5, 0.6) is 5.88 Å². The van der Waals surface area contributed by atoms with Gasteiger partial charge in [0.25, 0.3) is 0 Å². The Morgan fingerprint density at radius 3 is 2.13 bits per heavy atom. The summed E-state index contributed by atoms with van der Waals surface area (Å²) in [7, 11) is 0. The molecular formula is C37H35N5O4. The zero-order valence-electron chi connectivity index (χ0n) is 25.4. The molecule has 3 aromatic heterocycles. The molecule has 1 fully saturated rings. The summed E-state index contributed by atoms with van der Waals surface area (Å²) in [6.07, 6.45) is 3.07. The number of carbonyl (C=O) groups is 1. The van der Waals surface area contributed by atoms with Crippen molar-refractivity contribution in [3.05, 3.63) is 90.6 Å². The highest BCUT2D eigenvalue weighted by atomic mass is 16.6. The third kappa shape index (κ3) is 4.19. The van der Waals surface area contributed by atoms with Crippen LogP contribution in [0.25, 0.3) is 54.4 Å². The number of nitrogens with zero attached hydrogens (tertiary/aromatic N) is 3. The molecule has 1 atom stereocenters. The molecule has 9 heteroatoms. The van der Waals surface area contributed by atoms with Crippen molar-refractivity contribution < 1.29 is 19.7 Å². The summed E-state index contributed by atoms with van der Waals surface area (Å²) in [4.78, 5) is 18.6.